The maximum Gasteiger partial charge on any atom is 0.475 e. The van der Waals surface area contributed by atoms with Crippen LogP contribution in [0.25, 0.3) is 11.2 Å². The fourth-order valence-corrected chi connectivity index (χ4v) is 4.78. The molecule has 0 aliphatic carbocycles. The molecular weight excluding hydrogens is 562 g/mol. The molecule has 2 aromatic heterocycles. The van der Waals surface area contributed by atoms with Crippen molar-refractivity contribution in [3.63, 3.8) is 0 Å². The van der Waals surface area contributed by atoms with Crippen LogP contribution >= 0.6 is 77.4 Å². The maximum absolute atomic E-state index is 12.9. The molecule has 10 nitrogen and oxygen atoms in total. The Bertz CT molecular complexity index is 932. The highest BCUT2D eigenvalue weighted by atomic mass is 35.6. The summed E-state index contributed by atoms with van der Waals surface area (Å²) in [7, 11) is -4.23. The van der Waals surface area contributed by atoms with Gasteiger partial charge in [0.05, 0.1) is 31.7 Å². The molecule has 31 heavy (non-hydrogen) atoms. The average molecular weight is 578 g/mol. The third kappa shape index (κ3) is 7.58. The van der Waals surface area contributed by atoms with Gasteiger partial charge in [0.15, 0.2) is 11.5 Å². The van der Waals surface area contributed by atoms with E-state index in [1.54, 1.807) is 6.33 Å². The summed E-state index contributed by atoms with van der Waals surface area (Å²) in [4.78, 5) is 12.4. The quantitative estimate of drug-likeness (QED) is 0.353. The fraction of sp³-hybridized carbons (Fsp3) is 0.643. The maximum atomic E-state index is 12.9. The molecule has 3 heterocycles. The van der Waals surface area contributed by atoms with Crippen LogP contribution in [0, 0.1) is 0 Å². The van der Waals surface area contributed by atoms with Gasteiger partial charge in [-0.25, -0.2) is 19.5 Å². The second-order valence-corrected chi connectivity index (χ2v) is 13.1. The van der Waals surface area contributed by atoms with Gasteiger partial charge in [-0.05, 0) is 6.42 Å². The Balaban J connectivity index is 1.62. The molecule has 0 bridgehead atoms. The van der Waals surface area contributed by atoms with Crippen LogP contribution in [0.5, 0.6) is 0 Å². The van der Waals surface area contributed by atoms with Crippen LogP contribution in [-0.4, -0.2) is 59.6 Å². The summed E-state index contributed by atoms with van der Waals surface area (Å²) < 4.78 is 32.1. The van der Waals surface area contributed by atoms with Crippen molar-refractivity contribution in [3.8, 4) is 0 Å². The van der Waals surface area contributed by atoms with E-state index in [2.05, 4.69) is 15.0 Å². The number of nitrogens with two attached hydrogens (primary N) is 1. The number of rotatable bonds is 8. The number of anilines is 1. The van der Waals surface area contributed by atoms with Gasteiger partial charge in [-0.15, -0.1) is 0 Å². The summed E-state index contributed by atoms with van der Waals surface area (Å²) in [6.45, 7) is -0.981. The topological polar surface area (TPSA) is 124 Å². The Hall–Kier alpha value is 0.160. The number of nitrogen functional groups attached to an aromatic ring is 1. The first-order valence-electron chi connectivity index (χ1n) is 8.57. The lowest BCUT2D eigenvalue weighted by molar-refractivity contribution is 0.0395. The largest absolute Gasteiger partial charge is 0.475 e. The molecule has 0 amide bonds. The van der Waals surface area contributed by atoms with E-state index >= 15 is 0 Å². The molecule has 0 saturated carbocycles. The minimum Gasteiger partial charge on any atom is -0.382 e. The lowest BCUT2D eigenvalue weighted by atomic mass is 10.2. The summed E-state index contributed by atoms with van der Waals surface area (Å²) in [5, 5.41) is 0. The summed E-state index contributed by atoms with van der Waals surface area (Å²) in [6, 6.07) is -0.114. The van der Waals surface area contributed by atoms with Gasteiger partial charge in [0.2, 0.25) is 7.59 Å². The van der Waals surface area contributed by atoms with E-state index < -0.39 is 34.7 Å². The van der Waals surface area contributed by atoms with Gasteiger partial charge in [0.1, 0.15) is 25.1 Å². The number of alkyl halides is 6. The van der Waals surface area contributed by atoms with Crippen molar-refractivity contribution >= 4 is 94.4 Å². The van der Waals surface area contributed by atoms with Gasteiger partial charge in [-0.3, -0.25) is 13.6 Å². The normalized spacial score (nSPS) is 20.6. The van der Waals surface area contributed by atoms with Crippen LogP contribution in [0.4, 0.5) is 5.82 Å². The number of hydrogen-bond acceptors (Lipinski definition) is 9. The van der Waals surface area contributed by atoms with E-state index in [-0.39, 0.29) is 18.5 Å². The van der Waals surface area contributed by atoms with Crippen molar-refractivity contribution in [2.75, 3.05) is 32.2 Å². The summed E-state index contributed by atoms with van der Waals surface area (Å²) in [5.41, 5.74) is 6.88. The summed E-state index contributed by atoms with van der Waals surface area (Å²) in [5.74, 6) is 0.278. The first-order valence-corrected chi connectivity index (χ1v) is 12.3. The van der Waals surface area contributed by atoms with E-state index in [0.29, 0.717) is 24.2 Å². The molecule has 17 heteroatoms. The predicted molar refractivity (Wildman–Crippen MR) is 119 cm³/mol. The minimum absolute atomic E-state index is 0.114. The first-order chi connectivity index (χ1) is 14.4. The van der Waals surface area contributed by atoms with E-state index in [1.807, 2.05) is 4.57 Å². The van der Waals surface area contributed by atoms with Crippen molar-refractivity contribution in [1.82, 2.24) is 19.5 Å². The van der Waals surface area contributed by atoms with Crippen LogP contribution in [-0.2, 0) is 22.9 Å². The number of phosphoric acid groups is 1. The Labute approximate surface area is 207 Å². The van der Waals surface area contributed by atoms with Crippen LogP contribution in [0.3, 0.4) is 0 Å². The minimum atomic E-state index is -4.23. The molecule has 1 aliphatic rings. The molecule has 0 spiro atoms. The molecule has 3 rings (SSSR count). The Kier molecular flexibility index (Phi) is 8.48. The number of ether oxygens (including phenoxy) is 1. The van der Waals surface area contributed by atoms with Crippen LogP contribution < -0.4 is 5.73 Å². The van der Waals surface area contributed by atoms with E-state index in [0.717, 1.165) is 0 Å². The van der Waals surface area contributed by atoms with Gasteiger partial charge >= 0.3 is 7.82 Å². The second kappa shape index (κ2) is 10.2. The van der Waals surface area contributed by atoms with Crippen molar-refractivity contribution in [3.05, 3.63) is 12.7 Å². The van der Waals surface area contributed by atoms with Crippen molar-refractivity contribution in [2.24, 2.45) is 0 Å². The number of phosphoric ester groups is 1. The zero-order valence-electron chi connectivity index (χ0n) is 15.5. The van der Waals surface area contributed by atoms with E-state index in [4.69, 9.17) is 93.6 Å². The molecule has 1 aliphatic heterocycles. The number of hydrogen-bond donors (Lipinski definition) is 1. The zero-order chi connectivity index (χ0) is 22.9. The smallest absolute Gasteiger partial charge is 0.382 e. The fourth-order valence-electron chi connectivity index (χ4n) is 2.72. The molecule has 0 aromatic carbocycles. The second-order valence-electron chi connectivity index (χ2n) is 6.45. The van der Waals surface area contributed by atoms with Gasteiger partial charge in [-0.2, -0.15) is 0 Å². The highest BCUT2D eigenvalue weighted by molar-refractivity contribution is 7.48. The third-order valence-corrected chi connectivity index (χ3v) is 6.04. The molecule has 2 N–H and O–H groups in total. The zero-order valence-corrected chi connectivity index (χ0v) is 20.9. The van der Waals surface area contributed by atoms with Crippen molar-refractivity contribution < 1.29 is 22.9 Å². The Morgan fingerprint density at radius 3 is 2.35 bits per heavy atom. The molecule has 174 valence electrons. The molecule has 2 aromatic rings. The van der Waals surface area contributed by atoms with Gasteiger partial charge in [-0.1, -0.05) is 69.6 Å². The highest BCUT2D eigenvalue weighted by Crippen LogP contribution is 2.53. The number of nitrogens with zero attached hydrogens (tertiary/aromatic N) is 4. The van der Waals surface area contributed by atoms with Crippen molar-refractivity contribution in [2.45, 2.75) is 26.2 Å². The van der Waals surface area contributed by atoms with Crippen LogP contribution in [0.15, 0.2) is 12.7 Å². The standard InChI is InChI=1S/C14H16Cl6N5O5P/c15-13(16,17)4-29-31(26,30-5-14(18,19)20)28-3-9-1-8(2-27-9)25-7-24-10-11(21)22-6-23-12(10)25/h6-9H,1-5H2,(H2,21,22,23). The average Bonchev–Trinajstić information content (AvgIpc) is 3.30. The Morgan fingerprint density at radius 1 is 1.10 bits per heavy atom. The molecule has 1 fully saturated rings. The lowest BCUT2D eigenvalue weighted by Crippen LogP contribution is -2.20. The number of aromatic nitrogens is 4. The SMILES string of the molecule is Nc1ncnc2c1ncn2C1COC(COP(=O)(OCC(Cl)(Cl)Cl)OCC(Cl)(Cl)Cl)C1. The monoisotopic (exact) mass is 575 g/mol. The predicted octanol–water partition coefficient (Wildman–Crippen LogP) is 4.64. The summed E-state index contributed by atoms with van der Waals surface area (Å²) >= 11 is 33.8. The third-order valence-electron chi connectivity index (χ3n) is 4.03. The van der Waals surface area contributed by atoms with Crippen LogP contribution in [0.1, 0.15) is 12.5 Å². The Morgan fingerprint density at radius 2 is 1.74 bits per heavy atom. The number of fused-ring (bicyclic) bond motifs is 1. The molecule has 2 atom stereocenters. The molecule has 2 unspecified atom stereocenters. The van der Waals surface area contributed by atoms with E-state index in [9.17, 15) is 4.57 Å². The first kappa shape index (κ1) is 25.8. The van der Waals surface area contributed by atoms with Gasteiger partial charge in [0, 0.05) is 0 Å². The van der Waals surface area contributed by atoms with Crippen LogP contribution in [0.2, 0.25) is 0 Å². The molecule has 1 saturated heterocycles. The molecular formula is C14H16Cl6N5O5P. The number of halogens is 6. The number of imidazole rings is 1. The highest BCUT2D eigenvalue weighted by Gasteiger charge is 2.37. The van der Waals surface area contributed by atoms with Crippen molar-refractivity contribution in [1.29, 1.82) is 0 Å². The lowest BCUT2D eigenvalue weighted by Gasteiger charge is -2.23. The van der Waals surface area contributed by atoms with Gasteiger partial charge in [0.25, 0.3) is 0 Å². The molecule has 0 radical (unpaired) electrons. The summed E-state index contributed by atoms with van der Waals surface area (Å²) in [6.07, 6.45) is 2.99. The van der Waals surface area contributed by atoms with Gasteiger partial charge < -0.3 is 15.0 Å². The van der Waals surface area contributed by atoms with E-state index in [1.165, 1.54) is 6.33 Å².